The zero-order valence-electron chi connectivity index (χ0n) is 17.6. The number of rotatable bonds is 6. The van der Waals surface area contributed by atoms with Crippen LogP contribution in [0, 0.1) is 6.92 Å². The van der Waals surface area contributed by atoms with Crippen molar-refractivity contribution < 1.29 is 18.7 Å². The van der Waals surface area contributed by atoms with Crippen molar-refractivity contribution in [3.05, 3.63) is 53.3 Å². The minimum atomic E-state index is -0.315. The summed E-state index contributed by atoms with van der Waals surface area (Å²) in [6, 6.07) is 11.3. The molecule has 2 aromatic carbocycles. The lowest BCUT2D eigenvalue weighted by molar-refractivity contribution is -0.121. The zero-order chi connectivity index (χ0) is 21.3. The summed E-state index contributed by atoms with van der Waals surface area (Å²) in [7, 11) is 0. The Kier molecular flexibility index (Phi) is 5.48. The van der Waals surface area contributed by atoms with Gasteiger partial charge in [-0.15, -0.1) is 0 Å². The second-order valence-electron chi connectivity index (χ2n) is 7.56. The second-order valence-corrected chi connectivity index (χ2v) is 7.56. The summed E-state index contributed by atoms with van der Waals surface area (Å²) in [6.07, 6.45) is 2.81. The van der Waals surface area contributed by atoms with E-state index in [0.717, 1.165) is 30.2 Å². The Morgan fingerprint density at radius 2 is 2.00 bits per heavy atom. The largest absolute Gasteiger partial charge is 0.482 e. The molecule has 1 aliphatic heterocycles. The minimum absolute atomic E-state index is 0.0420. The molecule has 4 rings (SSSR count). The van der Waals surface area contributed by atoms with Gasteiger partial charge in [0, 0.05) is 23.2 Å². The van der Waals surface area contributed by atoms with Gasteiger partial charge in [0.25, 0.3) is 11.8 Å². The molecule has 3 aromatic rings. The number of hydrogen-bond donors (Lipinski definition) is 1. The van der Waals surface area contributed by atoms with E-state index >= 15 is 0 Å². The van der Waals surface area contributed by atoms with Gasteiger partial charge in [0.05, 0.1) is 5.69 Å². The Bertz CT molecular complexity index is 1120. The standard InChI is InChI=1S/C24H26N2O4/c1-4-6-11-26-19-13-17(8-10-21(19)29-14-22(26)27)25-24(28)23-15(3)18-12-16(5-2)7-9-20(18)30-23/h7-10,12-13H,4-6,11,14H2,1-3H3,(H,25,28). The minimum Gasteiger partial charge on any atom is -0.482 e. The van der Waals surface area contributed by atoms with Gasteiger partial charge in [-0.25, -0.2) is 0 Å². The van der Waals surface area contributed by atoms with Crippen LogP contribution in [0.1, 0.15) is 48.4 Å². The number of fused-ring (bicyclic) bond motifs is 2. The highest BCUT2D eigenvalue weighted by Crippen LogP contribution is 2.35. The lowest BCUT2D eigenvalue weighted by Crippen LogP contribution is -2.39. The molecule has 0 spiro atoms. The number of aryl methyl sites for hydroxylation is 2. The molecule has 0 atom stereocenters. The SMILES string of the molecule is CCCCN1C(=O)COc2ccc(NC(=O)c3oc4ccc(CC)cc4c3C)cc21. The molecule has 0 radical (unpaired) electrons. The van der Waals surface area contributed by atoms with E-state index in [9.17, 15) is 9.59 Å². The third-order valence-corrected chi connectivity index (χ3v) is 5.51. The van der Waals surface area contributed by atoms with Crippen molar-refractivity contribution in [2.75, 3.05) is 23.4 Å². The van der Waals surface area contributed by atoms with Crippen molar-refractivity contribution in [3.63, 3.8) is 0 Å². The Morgan fingerprint density at radius 3 is 2.77 bits per heavy atom. The molecular formula is C24H26N2O4. The summed E-state index contributed by atoms with van der Waals surface area (Å²) in [5, 5.41) is 3.86. The first-order chi connectivity index (χ1) is 14.5. The first kappa shape index (κ1) is 20.0. The predicted octanol–water partition coefficient (Wildman–Crippen LogP) is 5.08. The van der Waals surface area contributed by atoms with Gasteiger partial charge < -0.3 is 19.4 Å². The van der Waals surface area contributed by atoms with E-state index in [1.54, 1.807) is 23.1 Å². The lowest BCUT2D eigenvalue weighted by atomic mass is 10.1. The predicted molar refractivity (Wildman–Crippen MR) is 117 cm³/mol. The molecule has 0 saturated carbocycles. The fraction of sp³-hybridized carbons (Fsp3) is 0.333. The monoisotopic (exact) mass is 406 g/mol. The molecule has 2 amide bonds. The van der Waals surface area contributed by atoms with Gasteiger partial charge in [-0.3, -0.25) is 9.59 Å². The third-order valence-electron chi connectivity index (χ3n) is 5.51. The fourth-order valence-electron chi connectivity index (χ4n) is 3.73. The van der Waals surface area contributed by atoms with Crippen molar-refractivity contribution in [1.29, 1.82) is 0 Å². The summed E-state index contributed by atoms with van der Waals surface area (Å²) < 4.78 is 11.4. The first-order valence-corrected chi connectivity index (χ1v) is 10.4. The number of nitrogens with one attached hydrogen (secondary N) is 1. The maximum atomic E-state index is 12.9. The van der Waals surface area contributed by atoms with E-state index in [2.05, 4.69) is 25.2 Å². The van der Waals surface area contributed by atoms with Gasteiger partial charge in [0.2, 0.25) is 0 Å². The fourth-order valence-corrected chi connectivity index (χ4v) is 3.73. The Morgan fingerprint density at radius 1 is 1.17 bits per heavy atom. The molecular weight excluding hydrogens is 380 g/mol. The summed E-state index contributed by atoms with van der Waals surface area (Å²) in [4.78, 5) is 27.0. The van der Waals surface area contributed by atoms with E-state index < -0.39 is 0 Å². The Balaban J connectivity index is 1.61. The van der Waals surface area contributed by atoms with Crippen LogP contribution in [0.25, 0.3) is 11.0 Å². The number of carbonyl (C=O) groups is 2. The molecule has 156 valence electrons. The van der Waals surface area contributed by atoms with Gasteiger partial charge in [-0.2, -0.15) is 0 Å². The highest BCUT2D eigenvalue weighted by Gasteiger charge is 2.26. The number of furan rings is 1. The average Bonchev–Trinajstić information content (AvgIpc) is 3.09. The Hall–Kier alpha value is -3.28. The third kappa shape index (κ3) is 3.65. The van der Waals surface area contributed by atoms with Crippen LogP contribution >= 0.6 is 0 Å². The summed E-state index contributed by atoms with van der Waals surface area (Å²) >= 11 is 0. The number of ether oxygens (including phenoxy) is 1. The molecule has 0 unspecified atom stereocenters. The van der Waals surface area contributed by atoms with Crippen molar-refractivity contribution in [2.24, 2.45) is 0 Å². The first-order valence-electron chi connectivity index (χ1n) is 10.4. The van der Waals surface area contributed by atoms with Crippen LogP contribution in [-0.4, -0.2) is 25.0 Å². The summed E-state index contributed by atoms with van der Waals surface area (Å²) in [5.41, 5.74) is 3.99. The molecule has 6 heteroatoms. The highest BCUT2D eigenvalue weighted by molar-refractivity contribution is 6.07. The molecule has 0 fully saturated rings. The number of benzene rings is 2. The van der Waals surface area contributed by atoms with E-state index in [1.165, 1.54) is 5.56 Å². The number of amides is 2. The van der Waals surface area contributed by atoms with Crippen molar-refractivity contribution in [3.8, 4) is 5.75 Å². The number of carbonyl (C=O) groups excluding carboxylic acids is 2. The number of unbranched alkanes of at least 4 members (excludes halogenated alkanes) is 1. The molecule has 1 aromatic heterocycles. The van der Waals surface area contributed by atoms with Gasteiger partial charge in [0.15, 0.2) is 12.4 Å². The summed E-state index contributed by atoms with van der Waals surface area (Å²) in [6.45, 7) is 6.75. The molecule has 1 aliphatic rings. The molecule has 6 nitrogen and oxygen atoms in total. The smallest absolute Gasteiger partial charge is 0.291 e. The van der Waals surface area contributed by atoms with Crippen LogP contribution in [0.3, 0.4) is 0 Å². The van der Waals surface area contributed by atoms with Crippen LogP contribution in [0.4, 0.5) is 11.4 Å². The molecule has 1 N–H and O–H groups in total. The normalized spacial score (nSPS) is 13.3. The van der Waals surface area contributed by atoms with Gasteiger partial charge in [-0.05, 0) is 55.7 Å². The highest BCUT2D eigenvalue weighted by atomic mass is 16.5. The van der Waals surface area contributed by atoms with Gasteiger partial charge in [0.1, 0.15) is 11.3 Å². The molecule has 0 aliphatic carbocycles. The van der Waals surface area contributed by atoms with E-state index in [4.69, 9.17) is 9.15 Å². The topological polar surface area (TPSA) is 71.8 Å². The van der Waals surface area contributed by atoms with E-state index in [-0.39, 0.29) is 18.4 Å². The van der Waals surface area contributed by atoms with E-state index in [1.807, 2.05) is 19.1 Å². The van der Waals surface area contributed by atoms with Crippen molar-refractivity contribution >= 4 is 34.2 Å². The van der Waals surface area contributed by atoms with Crippen LogP contribution in [0.15, 0.2) is 40.8 Å². The maximum absolute atomic E-state index is 12.9. The maximum Gasteiger partial charge on any atom is 0.291 e. The average molecular weight is 406 g/mol. The lowest BCUT2D eigenvalue weighted by Gasteiger charge is -2.29. The van der Waals surface area contributed by atoms with Crippen LogP contribution < -0.4 is 15.0 Å². The van der Waals surface area contributed by atoms with Crippen LogP contribution in [0.5, 0.6) is 5.75 Å². The molecule has 0 bridgehead atoms. The Labute approximate surface area is 175 Å². The zero-order valence-corrected chi connectivity index (χ0v) is 17.6. The number of hydrogen-bond acceptors (Lipinski definition) is 4. The van der Waals surface area contributed by atoms with E-state index in [0.29, 0.717) is 35.0 Å². The quantitative estimate of drug-likeness (QED) is 0.620. The van der Waals surface area contributed by atoms with Crippen LogP contribution in [-0.2, 0) is 11.2 Å². The number of nitrogens with zero attached hydrogens (tertiary/aromatic N) is 1. The molecule has 0 saturated heterocycles. The van der Waals surface area contributed by atoms with Crippen molar-refractivity contribution in [1.82, 2.24) is 0 Å². The second kappa shape index (κ2) is 8.22. The number of anilines is 2. The van der Waals surface area contributed by atoms with Crippen LogP contribution in [0.2, 0.25) is 0 Å². The molecule has 2 heterocycles. The van der Waals surface area contributed by atoms with Gasteiger partial charge in [-0.1, -0.05) is 26.3 Å². The van der Waals surface area contributed by atoms with Crippen molar-refractivity contribution in [2.45, 2.75) is 40.0 Å². The van der Waals surface area contributed by atoms with Gasteiger partial charge >= 0.3 is 0 Å². The molecule has 30 heavy (non-hydrogen) atoms. The summed E-state index contributed by atoms with van der Waals surface area (Å²) in [5.74, 6) is 0.561.